The van der Waals surface area contributed by atoms with E-state index in [0.29, 0.717) is 41.8 Å². The maximum Gasteiger partial charge on any atom is 0.337 e. The van der Waals surface area contributed by atoms with E-state index < -0.39 is 5.97 Å². The summed E-state index contributed by atoms with van der Waals surface area (Å²) in [5, 5.41) is 13.0. The van der Waals surface area contributed by atoms with E-state index in [1.165, 1.54) is 0 Å². The summed E-state index contributed by atoms with van der Waals surface area (Å²) >= 11 is 0. The number of anilines is 2. The summed E-state index contributed by atoms with van der Waals surface area (Å²) in [5.74, 6) is -0.650. The van der Waals surface area contributed by atoms with E-state index in [1.54, 1.807) is 30.3 Å². The van der Waals surface area contributed by atoms with E-state index >= 15 is 0 Å². The number of aromatic carboxylic acids is 1. The molecule has 0 amide bonds. The molecule has 2 N–H and O–H groups in total. The molecule has 0 atom stereocenters. The van der Waals surface area contributed by atoms with Gasteiger partial charge in [0.2, 0.25) is 11.3 Å². The van der Waals surface area contributed by atoms with Gasteiger partial charge in [-0.2, -0.15) is 0 Å². The van der Waals surface area contributed by atoms with Gasteiger partial charge in [0, 0.05) is 25.3 Å². The number of hydrogen-bond donors (Lipinski definition) is 2. The second-order valence-corrected chi connectivity index (χ2v) is 9.75. The summed E-state index contributed by atoms with van der Waals surface area (Å²) in [6.07, 6.45) is 3.01. The van der Waals surface area contributed by atoms with E-state index in [0.717, 1.165) is 37.1 Å². The molecule has 0 spiro atoms. The molecule has 1 aliphatic heterocycles. The van der Waals surface area contributed by atoms with Crippen molar-refractivity contribution in [2.24, 2.45) is 5.41 Å². The Kier molecular flexibility index (Phi) is 6.46. The van der Waals surface area contributed by atoms with Crippen molar-refractivity contribution in [2.75, 3.05) is 29.9 Å². The van der Waals surface area contributed by atoms with Gasteiger partial charge in [-0.1, -0.05) is 32.0 Å². The van der Waals surface area contributed by atoms with E-state index in [-0.39, 0.29) is 22.0 Å². The Hall–Kier alpha value is -3.61. The van der Waals surface area contributed by atoms with Gasteiger partial charge in [-0.25, -0.2) is 4.79 Å². The fourth-order valence-electron chi connectivity index (χ4n) is 4.53. The highest BCUT2D eigenvalue weighted by molar-refractivity contribution is 5.94. The number of carboxylic acids is 1. The minimum Gasteiger partial charge on any atom is -0.478 e. The van der Waals surface area contributed by atoms with E-state index in [2.05, 4.69) is 19.2 Å². The Morgan fingerprint density at radius 2 is 1.91 bits per heavy atom. The molecule has 3 aromatic rings. The van der Waals surface area contributed by atoms with Crippen LogP contribution in [-0.2, 0) is 6.42 Å². The molecule has 1 saturated heterocycles. The van der Waals surface area contributed by atoms with Gasteiger partial charge in [0.05, 0.1) is 10.9 Å². The molecule has 7 heteroatoms. The molecule has 0 unspecified atom stereocenters. The monoisotopic (exact) mass is 462 g/mol. The van der Waals surface area contributed by atoms with Gasteiger partial charge in [0.1, 0.15) is 11.1 Å². The molecule has 0 aliphatic carbocycles. The lowest BCUT2D eigenvalue weighted by Crippen LogP contribution is -2.38. The van der Waals surface area contributed by atoms with Crippen LogP contribution in [0, 0.1) is 12.3 Å². The molecule has 0 radical (unpaired) electrons. The molecule has 4 rings (SSSR count). The lowest BCUT2D eigenvalue weighted by Gasteiger charge is -2.37. The summed E-state index contributed by atoms with van der Waals surface area (Å²) in [4.78, 5) is 38.7. The van der Waals surface area contributed by atoms with Crippen LogP contribution in [0.2, 0.25) is 0 Å². The first-order chi connectivity index (χ1) is 16.2. The van der Waals surface area contributed by atoms with Crippen LogP contribution in [0.15, 0.2) is 45.6 Å². The molecule has 1 aromatic heterocycles. The topological polar surface area (TPSA) is 99.8 Å². The quantitative estimate of drug-likeness (QED) is 0.482. The molecule has 34 heavy (non-hydrogen) atoms. The Morgan fingerprint density at radius 1 is 1.21 bits per heavy atom. The van der Waals surface area contributed by atoms with Gasteiger partial charge < -0.3 is 19.7 Å². The van der Waals surface area contributed by atoms with Crippen molar-refractivity contribution < 1.29 is 19.1 Å². The number of aryl methyl sites for hydroxylation is 1. The number of aldehydes is 1. The van der Waals surface area contributed by atoms with Crippen LogP contribution in [0.4, 0.5) is 11.6 Å². The normalized spacial score (nSPS) is 15.3. The number of nitrogens with zero attached hydrogens (tertiary/aromatic N) is 1. The summed E-state index contributed by atoms with van der Waals surface area (Å²) in [6.45, 7) is 8.23. The van der Waals surface area contributed by atoms with Crippen LogP contribution in [0.1, 0.15) is 58.5 Å². The zero-order chi connectivity index (χ0) is 24.5. The summed E-state index contributed by atoms with van der Waals surface area (Å²) in [6, 6.07) is 10.5. The Balaban J connectivity index is 1.69. The third-order valence-electron chi connectivity index (χ3n) is 6.62. The zero-order valence-corrected chi connectivity index (χ0v) is 19.8. The van der Waals surface area contributed by atoms with Crippen LogP contribution in [0.3, 0.4) is 0 Å². The van der Waals surface area contributed by atoms with Crippen LogP contribution < -0.4 is 15.6 Å². The van der Waals surface area contributed by atoms with Crippen molar-refractivity contribution >= 4 is 34.8 Å². The van der Waals surface area contributed by atoms with Crippen molar-refractivity contribution in [1.82, 2.24) is 0 Å². The maximum absolute atomic E-state index is 13.3. The Labute approximate surface area is 198 Å². The van der Waals surface area contributed by atoms with Crippen LogP contribution in [0.5, 0.6) is 0 Å². The van der Waals surface area contributed by atoms with Crippen LogP contribution >= 0.6 is 0 Å². The third kappa shape index (κ3) is 4.69. The standard InChI is InChI=1S/C27H30N2O5/c1-17-14-18(8-11-28-22-7-5-4-6-19(22)26(32)33)24-20(15-17)23(31)21(16-30)25(34-24)29-12-9-27(2,3)10-13-29/h4-7,14-16,28H,8-13H2,1-3H3,(H,32,33). The smallest absolute Gasteiger partial charge is 0.337 e. The molecule has 1 fully saturated rings. The van der Waals surface area contributed by atoms with Crippen LogP contribution in [0.25, 0.3) is 11.0 Å². The SMILES string of the molecule is Cc1cc(CCNc2ccccc2C(=O)O)c2oc(N3CCC(C)(C)CC3)c(C=O)c(=O)c2c1. The van der Waals surface area contributed by atoms with E-state index in [1.807, 2.05) is 17.9 Å². The zero-order valence-electron chi connectivity index (χ0n) is 19.8. The van der Waals surface area contributed by atoms with Gasteiger partial charge >= 0.3 is 5.97 Å². The molecule has 7 nitrogen and oxygen atoms in total. The Morgan fingerprint density at radius 3 is 2.59 bits per heavy atom. The minimum absolute atomic E-state index is 0.0669. The van der Waals surface area contributed by atoms with Crippen LogP contribution in [-0.4, -0.2) is 37.0 Å². The fourth-order valence-corrected chi connectivity index (χ4v) is 4.53. The molecule has 2 heterocycles. The number of hydrogen-bond acceptors (Lipinski definition) is 6. The lowest BCUT2D eigenvalue weighted by molar-refractivity contribution is 0.0697. The van der Waals surface area contributed by atoms with E-state index in [9.17, 15) is 19.5 Å². The van der Waals surface area contributed by atoms with Gasteiger partial charge in [-0.15, -0.1) is 0 Å². The number of para-hydroxylation sites is 1. The number of piperidine rings is 1. The van der Waals surface area contributed by atoms with Crippen molar-refractivity contribution in [3.8, 4) is 0 Å². The highest BCUT2D eigenvalue weighted by atomic mass is 16.4. The largest absolute Gasteiger partial charge is 0.478 e. The number of benzene rings is 2. The summed E-state index contributed by atoms with van der Waals surface area (Å²) in [7, 11) is 0. The lowest BCUT2D eigenvalue weighted by atomic mass is 9.82. The number of carboxylic acid groups (broad SMARTS) is 1. The van der Waals surface area contributed by atoms with Crippen molar-refractivity contribution in [1.29, 1.82) is 0 Å². The molecule has 0 saturated carbocycles. The highest BCUT2D eigenvalue weighted by Gasteiger charge is 2.29. The van der Waals surface area contributed by atoms with Gasteiger partial charge in [0.15, 0.2) is 6.29 Å². The fraction of sp³-hybridized carbons (Fsp3) is 0.370. The number of carbonyl (C=O) groups excluding carboxylic acids is 1. The van der Waals surface area contributed by atoms with Gasteiger partial charge in [0.25, 0.3) is 0 Å². The van der Waals surface area contributed by atoms with E-state index in [4.69, 9.17) is 4.42 Å². The third-order valence-corrected chi connectivity index (χ3v) is 6.62. The second kappa shape index (κ2) is 9.33. The Bertz CT molecular complexity index is 1300. The predicted molar refractivity (Wildman–Crippen MR) is 133 cm³/mol. The first-order valence-electron chi connectivity index (χ1n) is 11.6. The molecular formula is C27H30N2O5. The molecular weight excluding hydrogens is 432 g/mol. The highest BCUT2D eigenvalue weighted by Crippen LogP contribution is 2.34. The van der Waals surface area contributed by atoms with Crippen molar-refractivity contribution in [3.63, 3.8) is 0 Å². The van der Waals surface area contributed by atoms with Crippen molar-refractivity contribution in [3.05, 3.63) is 68.9 Å². The molecule has 2 aromatic carbocycles. The first kappa shape index (κ1) is 23.5. The minimum atomic E-state index is -0.995. The number of carbonyl (C=O) groups is 2. The molecule has 178 valence electrons. The average Bonchev–Trinajstić information content (AvgIpc) is 2.79. The van der Waals surface area contributed by atoms with Crippen molar-refractivity contribution in [2.45, 2.75) is 40.0 Å². The molecule has 1 aliphatic rings. The first-order valence-corrected chi connectivity index (χ1v) is 11.6. The second-order valence-electron chi connectivity index (χ2n) is 9.75. The predicted octanol–water partition coefficient (Wildman–Crippen LogP) is 4.89. The summed E-state index contributed by atoms with van der Waals surface area (Å²) in [5.41, 5.74) is 2.92. The number of rotatable bonds is 7. The number of nitrogens with one attached hydrogen (secondary N) is 1. The van der Waals surface area contributed by atoms with Gasteiger partial charge in [-0.05, 0) is 60.9 Å². The molecule has 0 bridgehead atoms. The summed E-state index contributed by atoms with van der Waals surface area (Å²) < 4.78 is 6.30. The average molecular weight is 463 g/mol. The maximum atomic E-state index is 13.3. The number of fused-ring (bicyclic) bond motifs is 1. The van der Waals surface area contributed by atoms with Gasteiger partial charge in [-0.3, -0.25) is 9.59 Å².